The van der Waals surface area contributed by atoms with Gasteiger partial charge >= 0.3 is 23.9 Å². The molecule has 0 spiro atoms. The first kappa shape index (κ1) is 31.2. The van der Waals surface area contributed by atoms with Crippen LogP contribution in [-0.4, -0.2) is 97.8 Å². The molecule has 0 amide bonds. The normalized spacial score (nSPS) is 11.6. The minimum Gasteiger partial charge on any atom is -0.464 e. The van der Waals surface area contributed by atoms with Crippen molar-refractivity contribution in [1.29, 1.82) is 0 Å². The summed E-state index contributed by atoms with van der Waals surface area (Å²) in [5.74, 6) is -2.61. The maximum Gasteiger partial charge on any atom is 0.330 e. The van der Waals surface area contributed by atoms with Crippen LogP contribution >= 0.6 is 0 Å². The third-order valence-electron chi connectivity index (χ3n) is 4.39. The summed E-state index contributed by atoms with van der Waals surface area (Å²) in [6, 6.07) is -0.900. The summed E-state index contributed by atoms with van der Waals surface area (Å²) in [6.45, 7) is 11.5. The molecule has 0 bridgehead atoms. The molecular weight excluding hydrogens is 450 g/mol. The SMILES string of the molecule is C=CC(=O)OCC(C)(C)COC(=O)CN(CC(=O)OCC(C)(C)COC(=O)C=C)C(CO)CO. The Balaban J connectivity index is 4.87. The topological polar surface area (TPSA) is 149 Å². The van der Waals surface area contributed by atoms with E-state index in [1.807, 2.05) is 0 Å². The van der Waals surface area contributed by atoms with E-state index in [-0.39, 0.29) is 26.4 Å². The molecule has 0 radical (unpaired) electrons. The fraction of sp³-hybridized carbons (Fsp3) is 0.652. The Labute approximate surface area is 200 Å². The monoisotopic (exact) mass is 487 g/mol. The molecule has 0 aromatic carbocycles. The third kappa shape index (κ3) is 13.7. The van der Waals surface area contributed by atoms with Crippen LogP contribution in [0.5, 0.6) is 0 Å². The molecule has 0 unspecified atom stereocenters. The summed E-state index contributed by atoms with van der Waals surface area (Å²) in [7, 11) is 0. The highest BCUT2D eigenvalue weighted by Crippen LogP contribution is 2.18. The smallest absolute Gasteiger partial charge is 0.330 e. The molecule has 0 saturated heterocycles. The number of aliphatic hydroxyl groups is 2. The van der Waals surface area contributed by atoms with Crippen LogP contribution in [0.1, 0.15) is 27.7 Å². The molecule has 2 N–H and O–H groups in total. The molecule has 0 fully saturated rings. The Bertz CT molecular complexity index is 659. The van der Waals surface area contributed by atoms with Crippen LogP contribution in [0.4, 0.5) is 0 Å². The molecule has 0 aromatic rings. The lowest BCUT2D eigenvalue weighted by atomic mass is 9.96. The Morgan fingerprint density at radius 3 is 1.35 bits per heavy atom. The van der Waals surface area contributed by atoms with E-state index in [2.05, 4.69) is 13.2 Å². The molecule has 0 aliphatic carbocycles. The first-order chi connectivity index (χ1) is 15.8. The van der Waals surface area contributed by atoms with E-state index in [1.165, 1.54) is 4.90 Å². The Morgan fingerprint density at radius 1 is 0.735 bits per heavy atom. The molecule has 0 aromatic heterocycles. The third-order valence-corrected chi connectivity index (χ3v) is 4.39. The number of ether oxygens (including phenoxy) is 4. The van der Waals surface area contributed by atoms with Gasteiger partial charge < -0.3 is 29.2 Å². The Hall–Kier alpha value is -2.76. The molecule has 0 saturated carbocycles. The maximum absolute atomic E-state index is 12.3. The highest BCUT2D eigenvalue weighted by Gasteiger charge is 2.28. The van der Waals surface area contributed by atoms with Crippen molar-refractivity contribution in [2.75, 3.05) is 52.7 Å². The number of carbonyl (C=O) groups excluding carboxylic acids is 4. The minimum atomic E-state index is -0.900. The van der Waals surface area contributed by atoms with Crippen molar-refractivity contribution in [2.45, 2.75) is 33.7 Å². The van der Waals surface area contributed by atoms with Crippen LogP contribution in [0.25, 0.3) is 0 Å². The summed E-state index contributed by atoms with van der Waals surface area (Å²) < 4.78 is 20.4. The summed E-state index contributed by atoms with van der Waals surface area (Å²) in [4.78, 5) is 48.3. The number of rotatable bonds is 17. The van der Waals surface area contributed by atoms with Gasteiger partial charge in [0.15, 0.2) is 0 Å². The van der Waals surface area contributed by atoms with Crippen LogP contribution < -0.4 is 0 Å². The minimum absolute atomic E-state index is 0.00499. The van der Waals surface area contributed by atoms with Gasteiger partial charge in [-0.2, -0.15) is 0 Å². The second-order valence-corrected chi connectivity index (χ2v) is 9.20. The molecular formula is C23H37NO10. The number of nitrogens with zero attached hydrogens (tertiary/aromatic N) is 1. The van der Waals surface area contributed by atoms with Gasteiger partial charge in [-0.3, -0.25) is 14.5 Å². The zero-order valence-electron chi connectivity index (χ0n) is 20.4. The second kappa shape index (κ2) is 15.2. The Kier molecular flexibility index (Phi) is 14.0. The van der Waals surface area contributed by atoms with Gasteiger partial charge in [0, 0.05) is 23.0 Å². The lowest BCUT2D eigenvalue weighted by molar-refractivity contribution is -0.155. The van der Waals surface area contributed by atoms with Gasteiger partial charge in [0.2, 0.25) is 0 Å². The van der Waals surface area contributed by atoms with Crippen LogP contribution in [0.3, 0.4) is 0 Å². The first-order valence-electron chi connectivity index (χ1n) is 10.6. The quantitative estimate of drug-likeness (QED) is 0.165. The standard InChI is InChI=1S/C23H37NO10/c1-7-18(27)31-13-22(3,4)15-33-20(29)9-24(17(11-25)12-26)10-21(30)34-16-23(5,6)14-32-19(28)8-2/h7-8,17,25-26H,1-2,9-16H2,3-6H3. The molecule has 194 valence electrons. The van der Waals surface area contributed by atoms with Crippen molar-refractivity contribution in [3.8, 4) is 0 Å². The molecule has 0 rings (SSSR count). The van der Waals surface area contributed by atoms with E-state index in [9.17, 15) is 29.4 Å². The van der Waals surface area contributed by atoms with Crippen LogP contribution in [0.2, 0.25) is 0 Å². The number of esters is 4. The van der Waals surface area contributed by atoms with E-state index < -0.39 is 67.1 Å². The van der Waals surface area contributed by atoms with Gasteiger partial charge in [0.1, 0.15) is 0 Å². The van der Waals surface area contributed by atoms with Gasteiger partial charge in [0.05, 0.1) is 58.8 Å². The number of carbonyl (C=O) groups is 4. The fourth-order valence-electron chi connectivity index (χ4n) is 2.31. The van der Waals surface area contributed by atoms with Gasteiger partial charge in [-0.15, -0.1) is 0 Å². The maximum atomic E-state index is 12.3. The van der Waals surface area contributed by atoms with Gasteiger partial charge in [0.25, 0.3) is 0 Å². The van der Waals surface area contributed by atoms with Crippen LogP contribution in [0.15, 0.2) is 25.3 Å². The van der Waals surface area contributed by atoms with E-state index in [0.717, 1.165) is 12.2 Å². The van der Waals surface area contributed by atoms with Gasteiger partial charge in [-0.05, 0) is 0 Å². The van der Waals surface area contributed by atoms with E-state index in [4.69, 9.17) is 18.9 Å². The molecule has 0 atom stereocenters. The lowest BCUT2D eigenvalue weighted by Gasteiger charge is -2.29. The predicted octanol–water partition coefficient (Wildman–Crippen LogP) is 0.239. The fourth-order valence-corrected chi connectivity index (χ4v) is 2.31. The second-order valence-electron chi connectivity index (χ2n) is 9.20. The van der Waals surface area contributed by atoms with E-state index in [1.54, 1.807) is 27.7 Å². The average molecular weight is 488 g/mol. The highest BCUT2D eigenvalue weighted by atomic mass is 16.6. The number of hydrogen-bond donors (Lipinski definition) is 2. The highest BCUT2D eigenvalue weighted by molar-refractivity contribution is 5.81. The van der Waals surface area contributed by atoms with Crippen molar-refractivity contribution in [1.82, 2.24) is 4.90 Å². The van der Waals surface area contributed by atoms with Gasteiger partial charge in [-0.1, -0.05) is 40.9 Å². The van der Waals surface area contributed by atoms with Crippen LogP contribution in [-0.2, 0) is 38.1 Å². The largest absolute Gasteiger partial charge is 0.464 e. The lowest BCUT2D eigenvalue weighted by Crippen LogP contribution is -2.47. The van der Waals surface area contributed by atoms with Gasteiger partial charge in [-0.25, -0.2) is 9.59 Å². The predicted molar refractivity (Wildman–Crippen MR) is 121 cm³/mol. The number of hydrogen-bond acceptors (Lipinski definition) is 11. The zero-order valence-corrected chi connectivity index (χ0v) is 20.4. The molecule has 0 aliphatic heterocycles. The molecule has 0 heterocycles. The summed E-state index contributed by atoms with van der Waals surface area (Å²) in [5, 5.41) is 19.0. The summed E-state index contributed by atoms with van der Waals surface area (Å²) >= 11 is 0. The van der Waals surface area contributed by atoms with Crippen molar-refractivity contribution < 1.29 is 48.3 Å². The van der Waals surface area contributed by atoms with Crippen molar-refractivity contribution >= 4 is 23.9 Å². The van der Waals surface area contributed by atoms with E-state index in [0.29, 0.717) is 0 Å². The molecule has 11 nitrogen and oxygen atoms in total. The molecule has 34 heavy (non-hydrogen) atoms. The average Bonchev–Trinajstić information content (AvgIpc) is 2.79. The molecule has 0 aliphatic rings. The van der Waals surface area contributed by atoms with Crippen molar-refractivity contribution in [2.24, 2.45) is 10.8 Å². The first-order valence-corrected chi connectivity index (χ1v) is 10.6. The van der Waals surface area contributed by atoms with Crippen molar-refractivity contribution in [3.63, 3.8) is 0 Å². The van der Waals surface area contributed by atoms with Crippen molar-refractivity contribution in [3.05, 3.63) is 25.3 Å². The molecule has 11 heteroatoms. The Morgan fingerprint density at radius 2 is 1.06 bits per heavy atom. The zero-order chi connectivity index (χ0) is 26.4. The van der Waals surface area contributed by atoms with E-state index >= 15 is 0 Å². The van der Waals surface area contributed by atoms with Crippen LogP contribution in [0, 0.1) is 10.8 Å². The number of aliphatic hydroxyl groups excluding tert-OH is 2. The summed E-state index contributed by atoms with van der Waals surface area (Å²) in [6.07, 6.45) is 2.05. The summed E-state index contributed by atoms with van der Waals surface area (Å²) in [5.41, 5.74) is -1.35.